The third kappa shape index (κ3) is 3.02. The molecule has 0 radical (unpaired) electrons. The normalized spacial score (nSPS) is 28.5. The van der Waals surface area contributed by atoms with Crippen LogP contribution in [0.5, 0.6) is 0 Å². The van der Waals surface area contributed by atoms with Crippen LogP contribution in [-0.4, -0.2) is 18.5 Å². The highest BCUT2D eigenvalue weighted by atomic mass is 79.9. The lowest BCUT2D eigenvalue weighted by atomic mass is 9.83. The van der Waals surface area contributed by atoms with Gasteiger partial charge in [0, 0.05) is 15.5 Å². The summed E-state index contributed by atoms with van der Waals surface area (Å²) in [6, 6.07) is 18.5. The van der Waals surface area contributed by atoms with Crippen LogP contribution in [0, 0.1) is 0 Å². The average Bonchev–Trinajstić information content (AvgIpc) is 2.58. The van der Waals surface area contributed by atoms with Crippen molar-refractivity contribution in [3.8, 4) is 0 Å². The Morgan fingerprint density at radius 2 is 1.50 bits per heavy atom. The average molecular weight is 426 g/mol. The lowest BCUT2D eigenvalue weighted by Gasteiger charge is -2.44. The van der Waals surface area contributed by atoms with Gasteiger partial charge >= 0.3 is 0 Å². The number of rotatable bonds is 3. The molecule has 0 saturated carbocycles. The largest absolute Gasteiger partial charge is 0.344 e. The second-order valence-corrected chi connectivity index (χ2v) is 7.37. The van der Waals surface area contributed by atoms with Gasteiger partial charge < -0.3 is 9.47 Å². The summed E-state index contributed by atoms with van der Waals surface area (Å²) in [5, 5.41) is 0.604. The van der Waals surface area contributed by atoms with Crippen LogP contribution in [0.15, 0.2) is 59.1 Å². The monoisotopic (exact) mass is 424 g/mol. The molecule has 0 bridgehead atoms. The standard InChI is InChI=1S/C18H18Br2O2/c1-17(14-5-3-2-4-6-14)12-21-18(11-19,22-13-17)15-7-9-16(20)10-8-15/h2-10H,11-13H2,1H3. The van der Waals surface area contributed by atoms with E-state index in [9.17, 15) is 0 Å². The van der Waals surface area contributed by atoms with Crippen molar-refractivity contribution in [2.75, 3.05) is 18.5 Å². The van der Waals surface area contributed by atoms with Crippen molar-refractivity contribution in [2.24, 2.45) is 0 Å². The van der Waals surface area contributed by atoms with Crippen LogP contribution in [0.25, 0.3) is 0 Å². The molecule has 0 spiro atoms. The van der Waals surface area contributed by atoms with Gasteiger partial charge in [-0.3, -0.25) is 0 Å². The summed E-state index contributed by atoms with van der Waals surface area (Å²) < 4.78 is 13.5. The fraction of sp³-hybridized carbons (Fsp3) is 0.333. The summed E-state index contributed by atoms with van der Waals surface area (Å²) in [5.74, 6) is -0.713. The van der Waals surface area contributed by atoms with Crippen LogP contribution < -0.4 is 0 Å². The summed E-state index contributed by atoms with van der Waals surface area (Å²) >= 11 is 7.02. The number of hydrogen-bond acceptors (Lipinski definition) is 2. The van der Waals surface area contributed by atoms with E-state index in [1.165, 1.54) is 5.56 Å². The maximum atomic E-state index is 6.23. The first-order valence-electron chi connectivity index (χ1n) is 7.23. The van der Waals surface area contributed by atoms with Crippen molar-refractivity contribution in [2.45, 2.75) is 18.1 Å². The smallest absolute Gasteiger partial charge is 0.204 e. The first kappa shape index (κ1) is 16.2. The predicted octanol–water partition coefficient (Wildman–Crippen LogP) is 5.00. The molecule has 0 atom stereocenters. The first-order valence-corrected chi connectivity index (χ1v) is 9.15. The van der Waals surface area contributed by atoms with E-state index in [0.29, 0.717) is 18.5 Å². The minimum absolute atomic E-state index is 0.123. The van der Waals surface area contributed by atoms with Crippen LogP contribution in [0.3, 0.4) is 0 Å². The highest BCUT2D eigenvalue weighted by Gasteiger charge is 2.43. The molecule has 2 aromatic carbocycles. The third-order valence-electron chi connectivity index (χ3n) is 4.18. The minimum Gasteiger partial charge on any atom is -0.344 e. The quantitative estimate of drug-likeness (QED) is 0.644. The number of ether oxygens (including phenoxy) is 2. The second-order valence-electron chi connectivity index (χ2n) is 5.90. The van der Waals surface area contributed by atoms with Gasteiger partial charge in [-0.1, -0.05) is 81.2 Å². The van der Waals surface area contributed by atoms with Crippen molar-refractivity contribution in [1.29, 1.82) is 0 Å². The zero-order valence-corrected chi connectivity index (χ0v) is 15.6. The Labute approximate surface area is 148 Å². The molecule has 4 heteroatoms. The molecule has 0 aliphatic carbocycles. The van der Waals surface area contributed by atoms with Crippen LogP contribution >= 0.6 is 31.9 Å². The lowest BCUT2D eigenvalue weighted by Crippen LogP contribution is -2.49. The molecule has 1 saturated heterocycles. The maximum Gasteiger partial charge on any atom is 0.204 e. The van der Waals surface area contributed by atoms with E-state index in [1.54, 1.807) is 0 Å². The molecule has 0 aromatic heterocycles. The molecule has 2 nitrogen and oxygen atoms in total. The Bertz CT molecular complexity index is 617. The summed E-state index contributed by atoms with van der Waals surface area (Å²) in [5.41, 5.74) is 2.15. The van der Waals surface area contributed by atoms with E-state index in [-0.39, 0.29) is 5.41 Å². The first-order chi connectivity index (χ1) is 10.6. The number of hydrogen-bond donors (Lipinski definition) is 0. The van der Waals surface area contributed by atoms with E-state index in [1.807, 2.05) is 30.3 Å². The Hall–Kier alpha value is -0.680. The van der Waals surface area contributed by atoms with Crippen molar-refractivity contribution >= 4 is 31.9 Å². The van der Waals surface area contributed by atoms with E-state index in [2.05, 4.69) is 63.0 Å². The van der Waals surface area contributed by atoms with Crippen molar-refractivity contribution in [1.82, 2.24) is 0 Å². The number of halogens is 2. The Balaban J connectivity index is 1.83. The molecule has 1 heterocycles. The van der Waals surface area contributed by atoms with Crippen molar-refractivity contribution in [3.05, 3.63) is 70.2 Å². The Morgan fingerprint density at radius 1 is 0.909 bits per heavy atom. The van der Waals surface area contributed by atoms with E-state index < -0.39 is 5.79 Å². The molecular weight excluding hydrogens is 408 g/mol. The van der Waals surface area contributed by atoms with Gasteiger partial charge in [-0.2, -0.15) is 0 Å². The molecule has 22 heavy (non-hydrogen) atoms. The zero-order valence-electron chi connectivity index (χ0n) is 12.4. The molecule has 116 valence electrons. The Morgan fingerprint density at radius 3 is 2.05 bits per heavy atom. The minimum atomic E-state index is -0.713. The van der Waals surface area contributed by atoms with Gasteiger partial charge in [-0.05, 0) is 17.7 Å². The summed E-state index contributed by atoms with van der Waals surface area (Å²) in [6.45, 7) is 3.43. The highest BCUT2D eigenvalue weighted by molar-refractivity contribution is 9.10. The van der Waals surface area contributed by atoms with Gasteiger partial charge in [0.25, 0.3) is 0 Å². The van der Waals surface area contributed by atoms with Gasteiger partial charge in [0.15, 0.2) is 0 Å². The number of benzene rings is 2. The molecule has 3 rings (SSSR count). The SMILES string of the molecule is CC1(c2ccccc2)COC(CBr)(c2ccc(Br)cc2)OC1. The predicted molar refractivity (Wildman–Crippen MR) is 95.3 cm³/mol. The molecule has 0 N–H and O–H groups in total. The fourth-order valence-electron chi connectivity index (χ4n) is 2.67. The molecule has 1 aliphatic rings. The molecule has 0 amide bonds. The third-order valence-corrected chi connectivity index (χ3v) is 5.45. The highest BCUT2D eigenvalue weighted by Crippen LogP contribution is 2.39. The van der Waals surface area contributed by atoms with Crippen LogP contribution in [-0.2, 0) is 20.7 Å². The van der Waals surface area contributed by atoms with Crippen LogP contribution in [0.4, 0.5) is 0 Å². The van der Waals surface area contributed by atoms with E-state index in [0.717, 1.165) is 10.0 Å². The molecule has 1 fully saturated rings. The zero-order chi connectivity index (χ0) is 15.6. The van der Waals surface area contributed by atoms with Gasteiger partial charge in [0.2, 0.25) is 5.79 Å². The van der Waals surface area contributed by atoms with E-state index >= 15 is 0 Å². The van der Waals surface area contributed by atoms with Crippen molar-refractivity contribution in [3.63, 3.8) is 0 Å². The van der Waals surface area contributed by atoms with Crippen molar-refractivity contribution < 1.29 is 9.47 Å². The second kappa shape index (κ2) is 6.44. The summed E-state index contributed by atoms with van der Waals surface area (Å²) in [6.07, 6.45) is 0. The fourth-order valence-corrected chi connectivity index (χ4v) is 3.58. The molecule has 0 unspecified atom stereocenters. The van der Waals surface area contributed by atoms with Gasteiger partial charge in [-0.25, -0.2) is 0 Å². The van der Waals surface area contributed by atoms with Crippen LogP contribution in [0.1, 0.15) is 18.1 Å². The van der Waals surface area contributed by atoms with Gasteiger partial charge in [0.1, 0.15) is 0 Å². The number of alkyl halides is 1. The summed E-state index contributed by atoms with van der Waals surface area (Å²) in [7, 11) is 0. The molecule has 1 aliphatic heterocycles. The Kier molecular flexibility index (Phi) is 4.74. The van der Waals surface area contributed by atoms with Gasteiger partial charge in [-0.15, -0.1) is 0 Å². The topological polar surface area (TPSA) is 18.5 Å². The molecular formula is C18H18Br2O2. The molecule has 2 aromatic rings. The lowest BCUT2D eigenvalue weighted by molar-refractivity contribution is -0.282. The summed E-state index contributed by atoms with van der Waals surface area (Å²) in [4.78, 5) is 0. The van der Waals surface area contributed by atoms with Gasteiger partial charge in [0.05, 0.1) is 18.5 Å². The maximum absolute atomic E-state index is 6.23. The van der Waals surface area contributed by atoms with Crippen LogP contribution in [0.2, 0.25) is 0 Å². The van der Waals surface area contributed by atoms with E-state index in [4.69, 9.17) is 9.47 Å².